The van der Waals surface area contributed by atoms with Gasteiger partial charge in [0.25, 0.3) is 0 Å². The first-order valence-electron chi connectivity index (χ1n) is 11.7. The lowest BCUT2D eigenvalue weighted by Crippen LogP contribution is -2.50. The van der Waals surface area contributed by atoms with Gasteiger partial charge >= 0.3 is 5.97 Å². The molecule has 2 saturated heterocycles. The number of carbonyl (C=O) groups is 2. The minimum absolute atomic E-state index is 0.0566. The summed E-state index contributed by atoms with van der Waals surface area (Å²) in [6, 6.07) is 5.20. The molecule has 176 valence electrons. The number of amides is 1. The van der Waals surface area contributed by atoms with Gasteiger partial charge in [0.15, 0.2) is 11.5 Å². The fraction of sp³-hybridized carbons (Fsp3) is 0.652. The van der Waals surface area contributed by atoms with Gasteiger partial charge in [0.1, 0.15) is 13.2 Å². The van der Waals surface area contributed by atoms with Crippen LogP contribution in [0.1, 0.15) is 19.3 Å². The van der Waals surface area contributed by atoms with Gasteiger partial charge in [-0.3, -0.25) is 19.4 Å². The molecule has 3 heterocycles. The van der Waals surface area contributed by atoms with Gasteiger partial charge in [-0.25, -0.2) is 0 Å². The molecule has 1 aromatic rings. The van der Waals surface area contributed by atoms with Crippen LogP contribution in [0.3, 0.4) is 0 Å². The number of ether oxygens (including phenoxy) is 2. The second-order valence-electron chi connectivity index (χ2n) is 8.84. The molecule has 2 fully saturated rings. The van der Waals surface area contributed by atoms with Crippen molar-refractivity contribution in [2.24, 2.45) is 5.92 Å². The van der Waals surface area contributed by atoms with E-state index < -0.39 is 11.9 Å². The van der Waals surface area contributed by atoms with Gasteiger partial charge < -0.3 is 24.8 Å². The van der Waals surface area contributed by atoms with Crippen LogP contribution in [-0.4, -0.2) is 104 Å². The van der Waals surface area contributed by atoms with Gasteiger partial charge in [-0.15, -0.1) is 0 Å². The number of piperazine rings is 1. The zero-order chi connectivity index (χ0) is 22.3. The molecule has 0 saturated carbocycles. The molecule has 1 unspecified atom stereocenters. The summed E-state index contributed by atoms with van der Waals surface area (Å²) in [6.07, 6.45) is 2.57. The van der Waals surface area contributed by atoms with E-state index in [9.17, 15) is 14.7 Å². The average molecular weight is 447 g/mol. The summed E-state index contributed by atoms with van der Waals surface area (Å²) in [5.41, 5.74) is 0.579. The van der Waals surface area contributed by atoms with Crippen molar-refractivity contribution in [3.63, 3.8) is 0 Å². The molecule has 4 rings (SSSR count). The predicted molar refractivity (Wildman–Crippen MR) is 120 cm³/mol. The summed E-state index contributed by atoms with van der Waals surface area (Å²) < 4.78 is 11.0. The Balaban J connectivity index is 1.21. The first-order valence-corrected chi connectivity index (χ1v) is 11.7. The maximum absolute atomic E-state index is 12.5. The number of carboxylic acids is 1. The fourth-order valence-electron chi connectivity index (χ4n) is 4.58. The number of carboxylic acid groups (broad SMARTS) is 1. The number of benzene rings is 1. The Bertz CT molecular complexity index is 791. The Labute approximate surface area is 189 Å². The van der Waals surface area contributed by atoms with E-state index in [1.807, 2.05) is 0 Å². The molecule has 0 radical (unpaired) electrons. The second kappa shape index (κ2) is 11.0. The smallest absolute Gasteiger partial charge is 0.308 e. The monoisotopic (exact) mass is 446 g/mol. The summed E-state index contributed by atoms with van der Waals surface area (Å²) in [5.74, 6) is -0.732. The number of hydrogen-bond acceptors (Lipinski definition) is 7. The van der Waals surface area contributed by atoms with Crippen LogP contribution in [-0.2, 0) is 9.59 Å². The third-order valence-electron chi connectivity index (χ3n) is 6.48. The Morgan fingerprint density at radius 3 is 2.22 bits per heavy atom. The molecule has 9 nitrogen and oxygen atoms in total. The Hall–Kier alpha value is -2.36. The maximum Gasteiger partial charge on any atom is 0.308 e. The van der Waals surface area contributed by atoms with E-state index in [0.29, 0.717) is 36.9 Å². The van der Waals surface area contributed by atoms with E-state index in [4.69, 9.17) is 9.47 Å². The van der Waals surface area contributed by atoms with Crippen molar-refractivity contribution in [1.82, 2.24) is 14.7 Å². The van der Waals surface area contributed by atoms with E-state index in [1.54, 1.807) is 18.2 Å². The highest BCUT2D eigenvalue weighted by Crippen LogP contribution is 2.32. The summed E-state index contributed by atoms with van der Waals surface area (Å²) in [6.45, 7) is 9.58. The zero-order valence-electron chi connectivity index (χ0n) is 18.6. The van der Waals surface area contributed by atoms with E-state index in [1.165, 1.54) is 25.9 Å². The van der Waals surface area contributed by atoms with Gasteiger partial charge in [-0.1, -0.05) is 0 Å². The highest BCUT2D eigenvalue weighted by Gasteiger charge is 2.27. The average Bonchev–Trinajstić information content (AvgIpc) is 3.32. The number of likely N-dealkylation sites (tertiary alicyclic amines) is 1. The molecule has 0 aromatic heterocycles. The van der Waals surface area contributed by atoms with Gasteiger partial charge in [-0.2, -0.15) is 0 Å². The van der Waals surface area contributed by atoms with E-state index in [0.717, 1.165) is 39.3 Å². The van der Waals surface area contributed by atoms with E-state index in [2.05, 4.69) is 20.0 Å². The summed E-state index contributed by atoms with van der Waals surface area (Å²) in [7, 11) is 0. The largest absolute Gasteiger partial charge is 0.486 e. The number of aliphatic carboxylic acids is 1. The lowest BCUT2D eigenvalue weighted by molar-refractivity contribution is -0.144. The lowest BCUT2D eigenvalue weighted by atomic mass is 10.0. The number of fused-ring (bicyclic) bond motifs is 1. The first kappa shape index (κ1) is 22.8. The SMILES string of the molecule is O=C(CC(CN1CCN(CCN2CCCC2)CC1)C(=O)O)Nc1ccc2c(c1)OCCO2. The molecule has 32 heavy (non-hydrogen) atoms. The highest BCUT2D eigenvalue weighted by atomic mass is 16.6. The molecule has 1 aromatic carbocycles. The van der Waals surface area contributed by atoms with Crippen molar-refractivity contribution in [2.45, 2.75) is 19.3 Å². The van der Waals surface area contributed by atoms with Gasteiger partial charge in [0.2, 0.25) is 5.91 Å². The molecule has 2 N–H and O–H groups in total. The Morgan fingerprint density at radius 1 is 0.906 bits per heavy atom. The van der Waals surface area contributed by atoms with Crippen LogP contribution >= 0.6 is 0 Å². The normalized spacial score (nSPS) is 20.8. The molecule has 1 atom stereocenters. The van der Waals surface area contributed by atoms with E-state index in [-0.39, 0.29) is 12.3 Å². The topological polar surface area (TPSA) is 94.6 Å². The Kier molecular flexibility index (Phi) is 7.83. The molecule has 0 bridgehead atoms. The third-order valence-corrected chi connectivity index (χ3v) is 6.48. The maximum atomic E-state index is 12.5. The van der Waals surface area contributed by atoms with Crippen LogP contribution in [0.5, 0.6) is 11.5 Å². The zero-order valence-corrected chi connectivity index (χ0v) is 18.6. The molecule has 3 aliphatic rings. The van der Waals surface area contributed by atoms with Crippen molar-refractivity contribution in [3.05, 3.63) is 18.2 Å². The van der Waals surface area contributed by atoms with Crippen LogP contribution in [0.25, 0.3) is 0 Å². The molecule has 0 spiro atoms. The minimum atomic E-state index is -0.932. The second-order valence-corrected chi connectivity index (χ2v) is 8.84. The fourth-order valence-corrected chi connectivity index (χ4v) is 4.58. The number of rotatable bonds is 9. The number of hydrogen-bond donors (Lipinski definition) is 2. The number of nitrogens with one attached hydrogen (secondary N) is 1. The van der Waals surface area contributed by atoms with Crippen LogP contribution in [0, 0.1) is 5.92 Å². The van der Waals surface area contributed by atoms with Gasteiger partial charge in [0, 0.05) is 64.0 Å². The van der Waals surface area contributed by atoms with E-state index >= 15 is 0 Å². The van der Waals surface area contributed by atoms with Crippen molar-refractivity contribution in [2.75, 3.05) is 77.4 Å². The van der Waals surface area contributed by atoms with Crippen LogP contribution < -0.4 is 14.8 Å². The van der Waals surface area contributed by atoms with Crippen molar-refractivity contribution in [3.8, 4) is 11.5 Å². The highest BCUT2D eigenvalue weighted by molar-refractivity contribution is 5.93. The quantitative estimate of drug-likeness (QED) is 0.585. The van der Waals surface area contributed by atoms with Crippen LogP contribution in [0.15, 0.2) is 18.2 Å². The molecule has 0 aliphatic carbocycles. The molecular weight excluding hydrogens is 412 g/mol. The van der Waals surface area contributed by atoms with Crippen LogP contribution in [0.4, 0.5) is 5.69 Å². The standard InChI is InChI=1S/C23H34N4O5/c28-22(24-19-3-4-20-21(16-19)32-14-13-31-20)15-18(23(29)30)17-27-11-9-26(10-12-27)8-7-25-5-1-2-6-25/h3-4,16,18H,1-2,5-15,17H2,(H,24,28)(H,29,30). The number of anilines is 1. The number of carbonyl (C=O) groups excluding carboxylic acids is 1. The summed E-state index contributed by atoms with van der Waals surface area (Å²) in [4.78, 5) is 31.5. The lowest BCUT2D eigenvalue weighted by Gasteiger charge is -2.36. The third kappa shape index (κ3) is 6.34. The Morgan fingerprint density at radius 2 is 1.53 bits per heavy atom. The molecule has 3 aliphatic heterocycles. The number of nitrogens with zero attached hydrogens (tertiary/aromatic N) is 3. The molecule has 1 amide bonds. The van der Waals surface area contributed by atoms with Crippen molar-refractivity contribution in [1.29, 1.82) is 0 Å². The van der Waals surface area contributed by atoms with Crippen molar-refractivity contribution < 1.29 is 24.2 Å². The minimum Gasteiger partial charge on any atom is -0.486 e. The summed E-state index contributed by atoms with van der Waals surface area (Å²) >= 11 is 0. The van der Waals surface area contributed by atoms with Crippen LogP contribution in [0.2, 0.25) is 0 Å². The predicted octanol–water partition coefficient (Wildman–Crippen LogP) is 1.20. The summed E-state index contributed by atoms with van der Waals surface area (Å²) in [5, 5.41) is 12.5. The molecular formula is C23H34N4O5. The molecule has 9 heteroatoms. The van der Waals surface area contributed by atoms with Crippen molar-refractivity contribution >= 4 is 17.6 Å². The van der Waals surface area contributed by atoms with Gasteiger partial charge in [0.05, 0.1) is 5.92 Å². The first-order chi connectivity index (χ1) is 15.6. The van der Waals surface area contributed by atoms with Gasteiger partial charge in [-0.05, 0) is 38.1 Å².